The highest BCUT2D eigenvalue weighted by Crippen LogP contribution is 2.26. The van der Waals surface area contributed by atoms with Crippen molar-refractivity contribution < 1.29 is 5.11 Å². The minimum atomic E-state index is 0.228. The van der Waals surface area contributed by atoms with Crippen molar-refractivity contribution in [2.75, 3.05) is 0 Å². The Morgan fingerprint density at radius 1 is 1.54 bits per heavy atom. The molecule has 1 aromatic heterocycles. The molecular formula is C10H9N2O. The van der Waals surface area contributed by atoms with Crippen molar-refractivity contribution in [2.24, 2.45) is 7.05 Å². The van der Waals surface area contributed by atoms with Crippen molar-refractivity contribution in [1.82, 2.24) is 9.55 Å². The molecule has 65 valence electrons. The van der Waals surface area contributed by atoms with Crippen LogP contribution in [0.1, 0.15) is 0 Å². The lowest BCUT2D eigenvalue weighted by atomic mass is 10.1. The Morgan fingerprint density at radius 2 is 2.38 bits per heavy atom. The summed E-state index contributed by atoms with van der Waals surface area (Å²) in [6.45, 7) is 0. The normalized spacial score (nSPS) is 10.2. The zero-order valence-corrected chi connectivity index (χ0v) is 7.23. The van der Waals surface area contributed by atoms with Crippen LogP contribution in [0.4, 0.5) is 0 Å². The van der Waals surface area contributed by atoms with E-state index in [1.54, 1.807) is 30.7 Å². The Bertz CT molecular complexity index is 420. The van der Waals surface area contributed by atoms with Crippen LogP contribution < -0.4 is 0 Å². The van der Waals surface area contributed by atoms with E-state index in [4.69, 9.17) is 0 Å². The van der Waals surface area contributed by atoms with E-state index in [2.05, 4.69) is 11.1 Å². The summed E-state index contributed by atoms with van der Waals surface area (Å²) in [5.74, 6) is 0.228. The van der Waals surface area contributed by atoms with Crippen molar-refractivity contribution in [3.63, 3.8) is 0 Å². The van der Waals surface area contributed by atoms with Crippen LogP contribution in [0.25, 0.3) is 11.3 Å². The summed E-state index contributed by atoms with van der Waals surface area (Å²) in [5, 5.41) is 9.53. The van der Waals surface area contributed by atoms with E-state index < -0.39 is 0 Å². The standard InChI is InChI=1S/C10H9N2O/c1-12-7-11-6-9(12)8-4-2-3-5-10(8)13/h2-3,5-7,13H,1H3. The molecule has 0 amide bonds. The number of phenolic OH excluding ortho intramolecular Hbond substituents is 1. The van der Waals surface area contributed by atoms with E-state index >= 15 is 0 Å². The molecule has 13 heavy (non-hydrogen) atoms. The summed E-state index contributed by atoms with van der Waals surface area (Å²) in [7, 11) is 1.88. The summed E-state index contributed by atoms with van der Waals surface area (Å²) >= 11 is 0. The number of hydrogen-bond donors (Lipinski definition) is 1. The first-order valence-electron chi connectivity index (χ1n) is 3.95. The fourth-order valence-corrected chi connectivity index (χ4v) is 1.23. The number of rotatable bonds is 1. The van der Waals surface area contributed by atoms with E-state index in [0.717, 1.165) is 5.69 Å². The molecule has 1 radical (unpaired) electrons. The van der Waals surface area contributed by atoms with Crippen molar-refractivity contribution in [1.29, 1.82) is 0 Å². The number of imidazole rings is 1. The topological polar surface area (TPSA) is 38.0 Å². The first kappa shape index (κ1) is 7.86. The maximum Gasteiger partial charge on any atom is 0.125 e. The number of aryl methyl sites for hydroxylation is 1. The molecular weight excluding hydrogens is 164 g/mol. The number of aromatic hydroxyl groups is 1. The van der Waals surface area contributed by atoms with Crippen LogP contribution >= 0.6 is 0 Å². The lowest BCUT2D eigenvalue weighted by Crippen LogP contribution is -1.89. The molecule has 0 aliphatic rings. The Kier molecular flexibility index (Phi) is 1.77. The molecule has 1 aromatic carbocycles. The molecule has 0 fully saturated rings. The average molecular weight is 173 g/mol. The molecule has 0 bridgehead atoms. The van der Waals surface area contributed by atoms with Gasteiger partial charge in [0.1, 0.15) is 5.75 Å². The first-order valence-corrected chi connectivity index (χ1v) is 3.95. The zero-order valence-electron chi connectivity index (χ0n) is 7.23. The molecule has 3 heteroatoms. The van der Waals surface area contributed by atoms with Gasteiger partial charge in [0.2, 0.25) is 0 Å². The number of hydrogen-bond acceptors (Lipinski definition) is 2. The molecule has 3 nitrogen and oxygen atoms in total. The molecule has 2 aromatic rings. The fraction of sp³-hybridized carbons (Fsp3) is 0.100. The van der Waals surface area contributed by atoms with Gasteiger partial charge in [-0.05, 0) is 12.1 Å². The molecule has 0 unspecified atom stereocenters. The van der Waals surface area contributed by atoms with Crippen LogP contribution in [0, 0.1) is 6.07 Å². The van der Waals surface area contributed by atoms with Crippen LogP contribution in [-0.4, -0.2) is 14.7 Å². The van der Waals surface area contributed by atoms with Crippen molar-refractivity contribution in [3.8, 4) is 17.0 Å². The third-order valence-electron chi connectivity index (χ3n) is 1.91. The van der Waals surface area contributed by atoms with Gasteiger partial charge in [0.25, 0.3) is 0 Å². The van der Waals surface area contributed by atoms with Gasteiger partial charge in [-0.15, -0.1) is 0 Å². The van der Waals surface area contributed by atoms with Gasteiger partial charge in [0.05, 0.1) is 18.2 Å². The third kappa shape index (κ3) is 1.28. The van der Waals surface area contributed by atoms with Crippen LogP contribution in [0.5, 0.6) is 5.75 Å². The van der Waals surface area contributed by atoms with Gasteiger partial charge in [-0.3, -0.25) is 0 Å². The van der Waals surface area contributed by atoms with E-state index in [-0.39, 0.29) is 5.75 Å². The molecule has 0 saturated carbocycles. The zero-order chi connectivity index (χ0) is 9.26. The van der Waals surface area contributed by atoms with Gasteiger partial charge >= 0.3 is 0 Å². The largest absolute Gasteiger partial charge is 0.507 e. The van der Waals surface area contributed by atoms with Gasteiger partial charge in [-0.2, -0.15) is 0 Å². The van der Waals surface area contributed by atoms with Crippen LogP contribution in [0.15, 0.2) is 30.7 Å². The number of nitrogens with zero attached hydrogens (tertiary/aromatic N) is 2. The first-order chi connectivity index (χ1) is 6.29. The highest BCUT2D eigenvalue weighted by molar-refractivity contribution is 5.65. The molecule has 0 atom stereocenters. The Hall–Kier alpha value is -1.77. The summed E-state index contributed by atoms with van der Waals surface area (Å²) in [5.41, 5.74) is 1.54. The van der Waals surface area contributed by atoms with Crippen molar-refractivity contribution in [2.45, 2.75) is 0 Å². The summed E-state index contributed by atoms with van der Waals surface area (Å²) in [6, 6.07) is 8.12. The summed E-state index contributed by atoms with van der Waals surface area (Å²) in [6.07, 6.45) is 3.39. The second-order valence-electron chi connectivity index (χ2n) is 2.82. The number of benzene rings is 1. The highest BCUT2D eigenvalue weighted by atomic mass is 16.3. The lowest BCUT2D eigenvalue weighted by molar-refractivity contribution is 0.476. The van der Waals surface area contributed by atoms with Crippen molar-refractivity contribution >= 4 is 0 Å². The van der Waals surface area contributed by atoms with Gasteiger partial charge < -0.3 is 9.67 Å². The Labute approximate surface area is 76.3 Å². The van der Waals surface area contributed by atoms with Crippen LogP contribution in [0.2, 0.25) is 0 Å². The van der Waals surface area contributed by atoms with Crippen LogP contribution in [-0.2, 0) is 7.05 Å². The van der Waals surface area contributed by atoms with E-state index in [1.807, 2.05) is 11.6 Å². The SMILES string of the molecule is Cn1cncc1-c1[c]cccc1O. The summed E-state index contributed by atoms with van der Waals surface area (Å²) in [4.78, 5) is 3.97. The molecule has 0 aliphatic heterocycles. The predicted molar refractivity (Wildman–Crippen MR) is 49.1 cm³/mol. The van der Waals surface area contributed by atoms with Gasteiger partial charge in [0, 0.05) is 12.6 Å². The Balaban J connectivity index is 2.59. The fourth-order valence-electron chi connectivity index (χ4n) is 1.23. The second-order valence-corrected chi connectivity index (χ2v) is 2.82. The van der Waals surface area contributed by atoms with Gasteiger partial charge in [0.15, 0.2) is 0 Å². The van der Waals surface area contributed by atoms with E-state index in [0.29, 0.717) is 5.56 Å². The highest BCUT2D eigenvalue weighted by Gasteiger charge is 2.06. The van der Waals surface area contributed by atoms with Crippen LogP contribution in [0.3, 0.4) is 0 Å². The molecule has 0 aliphatic carbocycles. The predicted octanol–water partition coefficient (Wildman–Crippen LogP) is 1.59. The van der Waals surface area contributed by atoms with E-state index in [1.165, 1.54) is 0 Å². The van der Waals surface area contributed by atoms with Gasteiger partial charge in [-0.25, -0.2) is 4.98 Å². The average Bonchev–Trinajstić information content (AvgIpc) is 2.52. The second kappa shape index (κ2) is 2.94. The maximum atomic E-state index is 9.53. The van der Waals surface area contributed by atoms with E-state index in [9.17, 15) is 5.11 Å². The number of phenols is 1. The smallest absolute Gasteiger partial charge is 0.125 e. The third-order valence-corrected chi connectivity index (χ3v) is 1.91. The molecule has 1 N–H and O–H groups in total. The number of aromatic nitrogens is 2. The quantitative estimate of drug-likeness (QED) is 0.711. The molecule has 0 saturated heterocycles. The maximum absolute atomic E-state index is 9.53. The lowest BCUT2D eigenvalue weighted by Gasteiger charge is -2.03. The van der Waals surface area contributed by atoms with Gasteiger partial charge in [-0.1, -0.05) is 12.1 Å². The molecule has 0 spiro atoms. The van der Waals surface area contributed by atoms with Crippen molar-refractivity contribution in [3.05, 3.63) is 36.8 Å². The minimum absolute atomic E-state index is 0.228. The monoisotopic (exact) mass is 173 g/mol. The minimum Gasteiger partial charge on any atom is -0.507 e. The molecule has 2 rings (SSSR count). The molecule has 1 heterocycles. The Morgan fingerprint density at radius 3 is 3.00 bits per heavy atom. The summed E-state index contributed by atoms with van der Waals surface area (Å²) < 4.78 is 1.84.